The first-order valence-electron chi connectivity index (χ1n) is 4.31. The molecule has 14 heavy (non-hydrogen) atoms. The fraction of sp³-hybridized carbons (Fsp3) is 0.444. The van der Waals surface area contributed by atoms with Crippen molar-refractivity contribution in [3.63, 3.8) is 0 Å². The second kappa shape index (κ2) is 5.32. The van der Waals surface area contributed by atoms with Crippen molar-refractivity contribution in [3.05, 3.63) is 17.0 Å². The minimum atomic E-state index is 0.223. The molecule has 76 valence electrons. The van der Waals surface area contributed by atoms with Crippen LogP contribution in [0.1, 0.15) is 30.6 Å². The summed E-state index contributed by atoms with van der Waals surface area (Å²) in [4.78, 5) is 18.5. The highest BCUT2D eigenvalue weighted by atomic mass is 35.5. The Kier molecular flexibility index (Phi) is 4.35. The number of carbonyl (C=O) groups is 1. The number of nitrogens with zero attached hydrogens (tertiary/aromatic N) is 2. The maximum atomic E-state index is 10.7. The molecule has 0 N–H and O–H groups in total. The van der Waals surface area contributed by atoms with Crippen molar-refractivity contribution in [1.29, 1.82) is 0 Å². The molecule has 0 aliphatic heterocycles. The average Bonchev–Trinajstić information content (AvgIpc) is 2.18. The van der Waals surface area contributed by atoms with E-state index in [1.807, 2.05) is 0 Å². The van der Waals surface area contributed by atoms with Gasteiger partial charge in [0.05, 0.1) is 5.56 Å². The molecule has 0 spiro atoms. The van der Waals surface area contributed by atoms with Crippen LogP contribution in [0.15, 0.2) is 11.4 Å². The summed E-state index contributed by atoms with van der Waals surface area (Å²) in [6, 6.07) is 0. The van der Waals surface area contributed by atoms with Crippen molar-refractivity contribution in [2.45, 2.75) is 30.5 Å². The monoisotopic (exact) mass is 230 g/mol. The van der Waals surface area contributed by atoms with Gasteiger partial charge < -0.3 is 0 Å². The van der Waals surface area contributed by atoms with Crippen LogP contribution in [0.4, 0.5) is 0 Å². The molecule has 1 heterocycles. The second-order valence-corrected chi connectivity index (χ2v) is 4.62. The molecular formula is C9H11ClN2OS. The Balaban J connectivity index is 2.96. The summed E-state index contributed by atoms with van der Waals surface area (Å²) in [5, 5.41) is 1.30. The minimum Gasteiger partial charge on any atom is -0.298 e. The summed E-state index contributed by atoms with van der Waals surface area (Å²) in [6.07, 6.45) is 3.09. The summed E-state index contributed by atoms with van der Waals surface area (Å²) in [6.45, 7) is 4.16. The molecule has 1 unspecified atom stereocenters. The fourth-order valence-electron chi connectivity index (χ4n) is 0.826. The van der Waals surface area contributed by atoms with Gasteiger partial charge in [-0.3, -0.25) is 4.79 Å². The number of aldehydes is 1. The van der Waals surface area contributed by atoms with Gasteiger partial charge in [-0.05, 0) is 6.42 Å². The summed E-state index contributed by atoms with van der Waals surface area (Å²) >= 11 is 7.30. The lowest BCUT2D eigenvalue weighted by Gasteiger charge is -2.08. The van der Waals surface area contributed by atoms with E-state index in [4.69, 9.17) is 11.6 Å². The van der Waals surface area contributed by atoms with Gasteiger partial charge in [-0.25, -0.2) is 9.97 Å². The third kappa shape index (κ3) is 2.69. The van der Waals surface area contributed by atoms with Gasteiger partial charge in [0.2, 0.25) is 0 Å². The third-order valence-corrected chi connectivity index (χ3v) is 3.39. The highest BCUT2D eigenvalue weighted by Crippen LogP contribution is 2.27. The minimum absolute atomic E-state index is 0.223. The quantitative estimate of drug-likeness (QED) is 0.453. The van der Waals surface area contributed by atoms with Gasteiger partial charge in [0, 0.05) is 5.25 Å². The van der Waals surface area contributed by atoms with Gasteiger partial charge in [0.15, 0.2) is 6.29 Å². The zero-order chi connectivity index (χ0) is 10.6. The van der Waals surface area contributed by atoms with Gasteiger partial charge in [-0.2, -0.15) is 0 Å². The van der Waals surface area contributed by atoms with E-state index < -0.39 is 0 Å². The number of halogens is 1. The van der Waals surface area contributed by atoms with Crippen molar-refractivity contribution < 1.29 is 4.79 Å². The largest absolute Gasteiger partial charge is 0.298 e. The van der Waals surface area contributed by atoms with Crippen molar-refractivity contribution in [2.24, 2.45) is 0 Å². The van der Waals surface area contributed by atoms with Crippen LogP contribution in [-0.2, 0) is 0 Å². The smallest absolute Gasteiger partial charge is 0.155 e. The zero-order valence-corrected chi connectivity index (χ0v) is 9.60. The zero-order valence-electron chi connectivity index (χ0n) is 8.03. The first-order valence-corrected chi connectivity index (χ1v) is 5.57. The van der Waals surface area contributed by atoms with Crippen LogP contribution in [0, 0.1) is 0 Å². The van der Waals surface area contributed by atoms with Gasteiger partial charge in [0.25, 0.3) is 0 Å². The molecule has 0 saturated heterocycles. The molecule has 5 heteroatoms. The molecule has 0 amide bonds. The summed E-state index contributed by atoms with van der Waals surface area (Å²) < 4.78 is 0. The molecule has 1 aromatic heterocycles. The summed E-state index contributed by atoms with van der Waals surface area (Å²) in [7, 11) is 0. The maximum absolute atomic E-state index is 10.7. The number of carbonyl (C=O) groups excluding carboxylic acids is 1. The third-order valence-electron chi connectivity index (χ3n) is 1.80. The van der Waals surface area contributed by atoms with E-state index >= 15 is 0 Å². The Hall–Kier alpha value is -0.610. The summed E-state index contributed by atoms with van der Waals surface area (Å²) in [5.41, 5.74) is 0.388. The Morgan fingerprint density at radius 3 is 2.93 bits per heavy atom. The topological polar surface area (TPSA) is 42.9 Å². The molecule has 1 atom stereocenters. The Morgan fingerprint density at radius 1 is 1.64 bits per heavy atom. The van der Waals surface area contributed by atoms with Crippen LogP contribution in [0.5, 0.6) is 0 Å². The molecule has 0 bridgehead atoms. The van der Waals surface area contributed by atoms with Gasteiger partial charge in [-0.15, -0.1) is 11.8 Å². The Bertz CT molecular complexity index is 333. The van der Waals surface area contributed by atoms with E-state index in [1.165, 1.54) is 6.33 Å². The van der Waals surface area contributed by atoms with Crippen LogP contribution in [0.2, 0.25) is 5.15 Å². The van der Waals surface area contributed by atoms with Crippen LogP contribution in [0.25, 0.3) is 0 Å². The fourth-order valence-corrected chi connectivity index (χ4v) is 1.99. The van der Waals surface area contributed by atoms with Gasteiger partial charge in [-0.1, -0.05) is 25.4 Å². The van der Waals surface area contributed by atoms with Crippen LogP contribution < -0.4 is 0 Å². The lowest BCUT2D eigenvalue weighted by molar-refractivity contribution is 0.112. The number of rotatable bonds is 4. The van der Waals surface area contributed by atoms with E-state index in [9.17, 15) is 4.79 Å². The molecule has 3 nitrogen and oxygen atoms in total. The predicted octanol–water partition coefficient (Wildman–Crippen LogP) is 2.83. The van der Waals surface area contributed by atoms with E-state index in [1.54, 1.807) is 11.8 Å². The maximum Gasteiger partial charge on any atom is 0.155 e. The molecule has 0 aromatic carbocycles. The standard InChI is InChI=1S/C9H11ClN2OS/c1-3-6(2)14-9-7(4-13)8(10)11-5-12-9/h4-6H,3H2,1-2H3. The summed E-state index contributed by atoms with van der Waals surface area (Å²) in [5.74, 6) is 0. The number of hydrogen-bond donors (Lipinski definition) is 0. The number of hydrogen-bond acceptors (Lipinski definition) is 4. The molecule has 0 radical (unpaired) electrons. The predicted molar refractivity (Wildman–Crippen MR) is 58.0 cm³/mol. The van der Waals surface area contributed by atoms with E-state index in [2.05, 4.69) is 23.8 Å². The van der Waals surface area contributed by atoms with Crippen molar-refractivity contribution >= 4 is 29.6 Å². The number of aromatic nitrogens is 2. The van der Waals surface area contributed by atoms with Crippen molar-refractivity contribution in [3.8, 4) is 0 Å². The number of thioether (sulfide) groups is 1. The van der Waals surface area contributed by atoms with Crippen molar-refractivity contribution in [1.82, 2.24) is 9.97 Å². The molecule has 1 aromatic rings. The Morgan fingerprint density at radius 2 is 2.36 bits per heavy atom. The highest BCUT2D eigenvalue weighted by molar-refractivity contribution is 7.99. The van der Waals surface area contributed by atoms with E-state index in [-0.39, 0.29) is 5.15 Å². The second-order valence-electron chi connectivity index (χ2n) is 2.84. The van der Waals surface area contributed by atoms with E-state index in [0.717, 1.165) is 6.42 Å². The molecular weight excluding hydrogens is 220 g/mol. The van der Waals surface area contributed by atoms with Gasteiger partial charge in [0.1, 0.15) is 16.5 Å². The molecule has 0 saturated carbocycles. The first kappa shape index (κ1) is 11.5. The van der Waals surface area contributed by atoms with Crippen molar-refractivity contribution in [2.75, 3.05) is 0 Å². The van der Waals surface area contributed by atoms with Crippen LogP contribution in [0.3, 0.4) is 0 Å². The molecule has 1 rings (SSSR count). The van der Waals surface area contributed by atoms with Crippen LogP contribution in [-0.4, -0.2) is 21.5 Å². The average molecular weight is 231 g/mol. The SMILES string of the molecule is CCC(C)Sc1ncnc(Cl)c1C=O. The normalized spacial score (nSPS) is 12.5. The van der Waals surface area contributed by atoms with Crippen LogP contribution >= 0.6 is 23.4 Å². The lowest BCUT2D eigenvalue weighted by Crippen LogP contribution is -1.99. The lowest BCUT2D eigenvalue weighted by atomic mass is 10.4. The molecule has 0 aliphatic rings. The Labute approximate surface area is 92.3 Å². The molecule has 0 fully saturated rings. The van der Waals surface area contributed by atoms with Gasteiger partial charge >= 0.3 is 0 Å². The molecule has 0 aliphatic carbocycles. The first-order chi connectivity index (χ1) is 6.69. The van der Waals surface area contributed by atoms with E-state index in [0.29, 0.717) is 22.1 Å². The highest BCUT2D eigenvalue weighted by Gasteiger charge is 2.11.